The molecule has 2 aliphatic rings. The van der Waals surface area contributed by atoms with Gasteiger partial charge in [0.25, 0.3) is 0 Å². The highest BCUT2D eigenvalue weighted by Crippen LogP contribution is 2.26. The molecule has 150 valence electrons. The summed E-state index contributed by atoms with van der Waals surface area (Å²) in [6, 6.07) is 6.72. The number of hydrogen-bond donors (Lipinski definition) is 3. The molecule has 1 aliphatic heterocycles. The monoisotopic (exact) mass is 395 g/mol. The van der Waals surface area contributed by atoms with E-state index < -0.39 is 6.04 Å². The van der Waals surface area contributed by atoms with Crippen LogP contribution in [0.1, 0.15) is 44.9 Å². The average molecular weight is 396 g/mol. The van der Waals surface area contributed by atoms with Crippen molar-refractivity contribution in [3.05, 3.63) is 24.3 Å². The molecular weight excluding hydrogens is 366 g/mol. The molecule has 3 rings (SSSR count). The Morgan fingerprint density at radius 2 is 1.63 bits per heavy atom. The summed E-state index contributed by atoms with van der Waals surface area (Å²) >= 11 is 0. The Bertz CT molecular complexity index is 629. The van der Waals surface area contributed by atoms with E-state index in [9.17, 15) is 9.59 Å². The number of nitrogens with two attached hydrogens (primary N) is 1. The van der Waals surface area contributed by atoms with Crippen LogP contribution in [-0.4, -0.2) is 31.1 Å². The Hall–Kier alpha value is -1.63. The van der Waals surface area contributed by atoms with E-state index in [1.54, 1.807) is 6.07 Å². The highest BCUT2D eigenvalue weighted by atomic mass is 35.5. The van der Waals surface area contributed by atoms with E-state index in [0.717, 1.165) is 38.5 Å². The second-order valence-electron chi connectivity index (χ2n) is 7.37. The normalized spacial score (nSPS) is 19.6. The summed E-state index contributed by atoms with van der Waals surface area (Å²) in [5.74, 6) is 0.140. The molecule has 1 aromatic rings. The van der Waals surface area contributed by atoms with Gasteiger partial charge in [-0.1, -0.05) is 25.3 Å². The van der Waals surface area contributed by atoms with Gasteiger partial charge in [-0.2, -0.15) is 0 Å². The van der Waals surface area contributed by atoms with Gasteiger partial charge in [-0.15, -0.1) is 12.4 Å². The average Bonchev–Trinajstić information content (AvgIpc) is 2.69. The van der Waals surface area contributed by atoms with Crippen LogP contribution in [0.3, 0.4) is 0 Å². The summed E-state index contributed by atoms with van der Waals surface area (Å²) in [5.41, 5.74) is 7.48. The minimum Gasteiger partial charge on any atom is -0.381 e. The molecule has 1 atom stereocenters. The van der Waals surface area contributed by atoms with Crippen molar-refractivity contribution in [2.75, 3.05) is 23.8 Å². The molecule has 1 unspecified atom stereocenters. The van der Waals surface area contributed by atoms with Crippen LogP contribution in [0.25, 0.3) is 0 Å². The number of nitrogens with one attached hydrogen (secondary N) is 2. The fraction of sp³-hybridized carbons (Fsp3) is 0.600. The van der Waals surface area contributed by atoms with Crippen molar-refractivity contribution in [1.82, 2.24) is 0 Å². The molecule has 0 aromatic heterocycles. The van der Waals surface area contributed by atoms with Crippen LogP contribution in [0.15, 0.2) is 24.3 Å². The van der Waals surface area contributed by atoms with Crippen molar-refractivity contribution in [3.63, 3.8) is 0 Å². The first-order valence-corrected chi connectivity index (χ1v) is 9.68. The van der Waals surface area contributed by atoms with Crippen molar-refractivity contribution in [3.8, 4) is 0 Å². The summed E-state index contributed by atoms with van der Waals surface area (Å²) in [4.78, 5) is 24.8. The van der Waals surface area contributed by atoms with Crippen LogP contribution in [0.4, 0.5) is 11.4 Å². The second-order valence-corrected chi connectivity index (χ2v) is 7.37. The molecule has 6 nitrogen and oxygen atoms in total. The Morgan fingerprint density at radius 1 is 1.00 bits per heavy atom. The number of amides is 2. The van der Waals surface area contributed by atoms with Crippen molar-refractivity contribution < 1.29 is 14.3 Å². The summed E-state index contributed by atoms with van der Waals surface area (Å²) in [6.07, 6.45) is 7.01. The Balaban J connectivity index is 0.00000261. The Morgan fingerprint density at radius 3 is 2.30 bits per heavy atom. The fourth-order valence-corrected chi connectivity index (χ4v) is 3.80. The smallest absolute Gasteiger partial charge is 0.241 e. The van der Waals surface area contributed by atoms with Crippen LogP contribution >= 0.6 is 12.4 Å². The van der Waals surface area contributed by atoms with E-state index >= 15 is 0 Å². The molecule has 2 fully saturated rings. The second kappa shape index (κ2) is 10.6. The van der Waals surface area contributed by atoms with Crippen LogP contribution in [0.2, 0.25) is 0 Å². The van der Waals surface area contributed by atoms with E-state index in [4.69, 9.17) is 10.5 Å². The summed E-state index contributed by atoms with van der Waals surface area (Å²) in [7, 11) is 0. The number of hydrogen-bond acceptors (Lipinski definition) is 4. The Kier molecular flexibility index (Phi) is 8.54. The van der Waals surface area contributed by atoms with E-state index in [1.807, 2.05) is 18.2 Å². The van der Waals surface area contributed by atoms with Gasteiger partial charge in [0.1, 0.15) is 0 Å². The Labute approximate surface area is 167 Å². The van der Waals surface area contributed by atoms with E-state index in [2.05, 4.69) is 10.6 Å². The third-order valence-electron chi connectivity index (χ3n) is 5.45. The lowest BCUT2D eigenvalue weighted by molar-refractivity contribution is -0.121. The lowest BCUT2D eigenvalue weighted by Gasteiger charge is -2.26. The first-order valence-electron chi connectivity index (χ1n) is 9.68. The molecule has 1 aromatic carbocycles. The predicted molar refractivity (Wildman–Crippen MR) is 109 cm³/mol. The number of benzene rings is 1. The summed E-state index contributed by atoms with van der Waals surface area (Å²) in [5, 5.41) is 5.86. The standard InChI is InChI=1S/C20H29N3O3.ClH/c21-18(14-9-11-26-12-10-14)20(25)23-17-8-4-7-16(13-17)22-19(24)15-5-2-1-3-6-15;/h4,7-8,13-15,18H,1-3,5-6,9-12,21H2,(H,22,24)(H,23,25);1H. The van der Waals surface area contributed by atoms with Crippen molar-refractivity contribution >= 4 is 35.6 Å². The zero-order chi connectivity index (χ0) is 18.4. The van der Waals surface area contributed by atoms with Gasteiger partial charge in [0, 0.05) is 30.5 Å². The fourth-order valence-electron chi connectivity index (χ4n) is 3.80. The van der Waals surface area contributed by atoms with Gasteiger partial charge in [-0.05, 0) is 49.8 Å². The number of ether oxygens (including phenoxy) is 1. The van der Waals surface area contributed by atoms with Crippen molar-refractivity contribution in [1.29, 1.82) is 0 Å². The highest BCUT2D eigenvalue weighted by molar-refractivity contribution is 5.97. The van der Waals surface area contributed by atoms with Gasteiger partial charge >= 0.3 is 0 Å². The van der Waals surface area contributed by atoms with Gasteiger partial charge < -0.3 is 21.1 Å². The molecule has 1 saturated heterocycles. The van der Waals surface area contributed by atoms with E-state index in [1.165, 1.54) is 6.42 Å². The van der Waals surface area contributed by atoms with Crippen LogP contribution in [-0.2, 0) is 14.3 Å². The maximum atomic E-state index is 12.4. The van der Waals surface area contributed by atoms with Crippen LogP contribution in [0, 0.1) is 11.8 Å². The maximum absolute atomic E-state index is 12.4. The van der Waals surface area contributed by atoms with Gasteiger partial charge in [0.05, 0.1) is 6.04 Å². The first-order chi connectivity index (χ1) is 12.6. The number of carbonyl (C=O) groups is 2. The molecule has 7 heteroatoms. The van der Waals surface area contributed by atoms with Gasteiger partial charge in [0.15, 0.2) is 0 Å². The van der Waals surface area contributed by atoms with E-state index in [-0.39, 0.29) is 36.1 Å². The molecule has 1 heterocycles. The van der Waals surface area contributed by atoms with Gasteiger partial charge in [-0.25, -0.2) is 0 Å². The molecule has 27 heavy (non-hydrogen) atoms. The lowest BCUT2D eigenvalue weighted by atomic mass is 9.88. The highest BCUT2D eigenvalue weighted by Gasteiger charge is 2.26. The molecule has 0 spiro atoms. The molecule has 0 bridgehead atoms. The lowest BCUT2D eigenvalue weighted by Crippen LogP contribution is -2.44. The molecule has 0 radical (unpaired) electrons. The topological polar surface area (TPSA) is 93.5 Å². The molecule has 4 N–H and O–H groups in total. The zero-order valence-electron chi connectivity index (χ0n) is 15.6. The zero-order valence-corrected chi connectivity index (χ0v) is 16.4. The third kappa shape index (κ3) is 6.19. The quantitative estimate of drug-likeness (QED) is 0.712. The number of halogens is 1. The number of carbonyl (C=O) groups excluding carboxylic acids is 2. The van der Waals surface area contributed by atoms with Crippen LogP contribution < -0.4 is 16.4 Å². The number of rotatable bonds is 5. The summed E-state index contributed by atoms with van der Waals surface area (Å²) < 4.78 is 5.32. The van der Waals surface area contributed by atoms with Crippen molar-refractivity contribution in [2.24, 2.45) is 17.6 Å². The van der Waals surface area contributed by atoms with Gasteiger partial charge in [-0.3, -0.25) is 9.59 Å². The largest absolute Gasteiger partial charge is 0.381 e. The first kappa shape index (κ1) is 21.7. The van der Waals surface area contributed by atoms with E-state index in [0.29, 0.717) is 24.6 Å². The summed E-state index contributed by atoms with van der Waals surface area (Å²) in [6.45, 7) is 1.32. The SMILES string of the molecule is Cl.NC(C(=O)Nc1cccc(NC(=O)C2CCCCC2)c1)C1CCOCC1. The van der Waals surface area contributed by atoms with Crippen molar-refractivity contribution in [2.45, 2.75) is 51.0 Å². The third-order valence-corrected chi connectivity index (χ3v) is 5.45. The number of anilines is 2. The van der Waals surface area contributed by atoms with Gasteiger partial charge in [0.2, 0.25) is 11.8 Å². The predicted octanol–water partition coefficient (Wildman–Crippen LogP) is 3.32. The minimum atomic E-state index is -0.542. The maximum Gasteiger partial charge on any atom is 0.241 e. The molecule has 1 aliphatic carbocycles. The molecular formula is C20H30ClN3O3. The molecule has 2 amide bonds. The minimum absolute atomic E-state index is 0. The molecule has 1 saturated carbocycles. The van der Waals surface area contributed by atoms with Crippen LogP contribution in [0.5, 0.6) is 0 Å².